The highest BCUT2D eigenvalue weighted by atomic mass is 79.9. The lowest BCUT2D eigenvalue weighted by molar-refractivity contribution is -0.118. The van der Waals surface area contributed by atoms with E-state index in [1.54, 1.807) is 6.07 Å². The van der Waals surface area contributed by atoms with Crippen molar-refractivity contribution in [1.29, 1.82) is 0 Å². The number of benzene rings is 2. The first-order chi connectivity index (χ1) is 12.0. The summed E-state index contributed by atoms with van der Waals surface area (Å²) in [6, 6.07) is 11.1. The van der Waals surface area contributed by atoms with Gasteiger partial charge in [-0.2, -0.15) is 5.10 Å². The zero-order valence-corrected chi connectivity index (χ0v) is 16.2. The second-order valence-corrected chi connectivity index (χ2v) is 6.33. The average molecular weight is 426 g/mol. The molecule has 0 aliphatic heterocycles. The van der Waals surface area contributed by atoms with Crippen molar-refractivity contribution in [2.75, 3.05) is 6.61 Å². The summed E-state index contributed by atoms with van der Waals surface area (Å²) in [5.41, 5.74) is 4.00. The molecule has 1 N–H and O–H groups in total. The molecule has 0 saturated carbocycles. The van der Waals surface area contributed by atoms with Gasteiger partial charge in [0.05, 0.1) is 17.3 Å². The van der Waals surface area contributed by atoms with Gasteiger partial charge in [-0.1, -0.05) is 29.8 Å². The molecule has 0 atom stereocenters. The van der Waals surface area contributed by atoms with Gasteiger partial charge in [0, 0.05) is 17.5 Å². The first-order valence-corrected chi connectivity index (χ1v) is 8.80. The van der Waals surface area contributed by atoms with Gasteiger partial charge in [-0.3, -0.25) is 4.79 Å². The summed E-state index contributed by atoms with van der Waals surface area (Å²) < 4.78 is 12.3. The van der Waals surface area contributed by atoms with Crippen LogP contribution < -0.4 is 14.9 Å². The van der Waals surface area contributed by atoms with Crippen LogP contribution in [0.25, 0.3) is 0 Å². The lowest BCUT2D eigenvalue weighted by Crippen LogP contribution is -2.12. The Balaban J connectivity index is 2.23. The summed E-state index contributed by atoms with van der Waals surface area (Å²) in [4.78, 5) is 10.9. The Kier molecular flexibility index (Phi) is 7.28. The number of carbonyl (C=O) groups is 1. The molecule has 0 aliphatic rings. The van der Waals surface area contributed by atoms with E-state index in [0.717, 1.165) is 15.6 Å². The van der Waals surface area contributed by atoms with Gasteiger partial charge in [0.2, 0.25) is 5.91 Å². The molecule has 0 saturated heterocycles. The molecule has 5 nitrogen and oxygen atoms in total. The number of rotatable bonds is 7. The highest BCUT2D eigenvalue weighted by Crippen LogP contribution is 2.37. The van der Waals surface area contributed by atoms with Crippen LogP contribution in [0.2, 0.25) is 5.02 Å². The van der Waals surface area contributed by atoms with Crippen LogP contribution >= 0.6 is 27.5 Å². The van der Waals surface area contributed by atoms with Crippen LogP contribution in [-0.4, -0.2) is 18.7 Å². The summed E-state index contributed by atoms with van der Waals surface area (Å²) in [5.74, 6) is 0.923. The molecule has 0 heterocycles. The minimum absolute atomic E-state index is 0.236. The average Bonchev–Trinajstić information content (AvgIpc) is 2.55. The molecule has 0 aliphatic carbocycles. The van der Waals surface area contributed by atoms with E-state index in [-0.39, 0.29) is 5.91 Å². The number of hydrogen-bond acceptors (Lipinski definition) is 4. The van der Waals surface area contributed by atoms with Crippen LogP contribution in [-0.2, 0) is 11.4 Å². The fourth-order valence-corrected chi connectivity index (χ4v) is 2.79. The maximum Gasteiger partial charge on any atom is 0.236 e. The van der Waals surface area contributed by atoms with E-state index < -0.39 is 0 Å². The molecule has 7 heteroatoms. The van der Waals surface area contributed by atoms with Crippen molar-refractivity contribution in [2.45, 2.75) is 20.5 Å². The number of halogens is 2. The van der Waals surface area contributed by atoms with Crippen molar-refractivity contribution in [3.63, 3.8) is 0 Å². The van der Waals surface area contributed by atoms with Gasteiger partial charge in [-0.25, -0.2) is 5.43 Å². The Morgan fingerprint density at radius 3 is 2.76 bits per heavy atom. The van der Waals surface area contributed by atoms with Gasteiger partial charge in [0.1, 0.15) is 6.61 Å². The van der Waals surface area contributed by atoms with Crippen molar-refractivity contribution >= 4 is 39.7 Å². The lowest BCUT2D eigenvalue weighted by atomic mass is 10.2. The van der Waals surface area contributed by atoms with Crippen LogP contribution in [0.15, 0.2) is 46.0 Å². The van der Waals surface area contributed by atoms with E-state index in [0.29, 0.717) is 29.7 Å². The van der Waals surface area contributed by atoms with E-state index >= 15 is 0 Å². The van der Waals surface area contributed by atoms with Gasteiger partial charge >= 0.3 is 0 Å². The third-order valence-electron chi connectivity index (χ3n) is 3.10. The molecular formula is C18H18BrClN2O3. The van der Waals surface area contributed by atoms with Crippen molar-refractivity contribution in [1.82, 2.24) is 5.43 Å². The number of amides is 1. The molecule has 2 aromatic rings. The number of hydrazone groups is 1. The Bertz CT molecular complexity index is 781. The standard InChI is InChI=1S/C18H18BrClN2O3/c1-3-24-17-9-13(10-21-22-12(2)23)8-15(19)18(17)25-11-14-6-4-5-7-16(14)20/h4-10H,3,11H2,1-2H3,(H,22,23)/b21-10-. The first-order valence-electron chi connectivity index (χ1n) is 7.63. The molecule has 25 heavy (non-hydrogen) atoms. The smallest absolute Gasteiger partial charge is 0.236 e. The van der Waals surface area contributed by atoms with E-state index in [9.17, 15) is 4.79 Å². The second-order valence-electron chi connectivity index (χ2n) is 5.07. The number of nitrogens with one attached hydrogen (secondary N) is 1. The van der Waals surface area contributed by atoms with Crippen LogP contribution in [0.4, 0.5) is 0 Å². The first kappa shape index (κ1) is 19.3. The second kappa shape index (κ2) is 9.44. The molecule has 0 bridgehead atoms. The molecule has 132 valence electrons. The summed E-state index contributed by atoms with van der Waals surface area (Å²) in [7, 11) is 0. The number of carbonyl (C=O) groups excluding carboxylic acids is 1. The Hall–Kier alpha value is -2.05. The fraction of sp³-hybridized carbons (Fsp3) is 0.222. The summed E-state index contributed by atoms with van der Waals surface area (Å²) in [6.07, 6.45) is 1.53. The molecule has 0 radical (unpaired) electrons. The van der Waals surface area contributed by atoms with Crippen LogP contribution in [0.5, 0.6) is 11.5 Å². The fourth-order valence-electron chi connectivity index (χ4n) is 2.03. The summed E-state index contributed by atoms with van der Waals surface area (Å²) >= 11 is 9.66. The minimum atomic E-state index is -0.236. The maximum atomic E-state index is 10.9. The van der Waals surface area contributed by atoms with Crippen molar-refractivity contribution in [2.24, 2.45) is 5.10 Å². The molecule has 0 fully saturated rings. The molecule has 2 rings (SSSR count). The van der Waals surface area contributed by atoms with E-state index in [1.807, 2.05) is 37.3 Å². The van der Waals surface area contributed by atoms with Crippen molar-refractivity contribution in [3.05, 3.63) is 57.0 Å². The van der Waals surface area contributed by atoms with Crippen LogP contribution in [0, 0.1) is 0 Å². The number of nitrogens with zero attached hydrogens (tertiary/aromatic N) is 1. The summed E-state index contributed by atoms with van der Waals surface area (Å²) in [5, 5.41) is 4.51. The van der Waals surface area contributed by atoms with Crippen molar-refractivity contribution < 1.29 is 14.3 Å². The third kappa shape index (κ3) is 5.76. The monoisotopic (exact) mass is 424 g/mol. The van der Waals surface area contributed by atoms with Gasteiger partial charge in [0.15, 0.2) is 11.5 Å². The van der Waals surface area contributed by atoms with E-state index in [2.05, 4.69) is 26.5 Å². The predicted octanol–water partition coefficient (Wildman–Crippen LogP) is 4.55. The van der Waals surface area contributed by atoms with Crippen molar-refractivity contribution in [3.8, 4) is 11.5 Å². The maximum absolute atomic E-state index is 10.9. The SMILES string of the molecule is CCOc1cc(/C=N\NC(C)=O)cc(Br)c1OCc1ccccc1Cl. The highest BCUT2D eigenvalue weighted by molar-refractivity contribution is 9.10. The van der Waals surface area contributed by atoms with E-state index in [4.69, 9.17) is 21.1 Å². The normalized spacial score (nSPS) is 10.7. The zero-order valence-electron chi connectivity index (χ0n) is 13.9. The third-order valence-corrected chi connectivity index (χ3v) is 4.05. The molecule has 2 aromatic carbocycles. The largest absolute Gasteiger partial charge is 0.490 e. The highest BCUT2D eigenvalue weighted by Gasteiger charge is 2.13. The molecule has 0 aromatic heterocycles. The predicted molar refractivity (Wildman–Crippen MR) is 103 cm³/mol. The molecule has 1 amide bonds. The molecular weight excluding hydrogens is 408 g/mol. The number of ether oxygens (including phenoxy) is 2. The topological polar surface area (TPSA) is 59.9 Å². The Morgan fingerprint density at radius 1 is 1.32 bits per heavy atom. The van der Waals surface area contributed by atoms with Gasteiger partial charge in [-0.15, -0.1) is 0 Å². The van der Waals surface area contributed by atoms with Crippen LogP contribution in [0.3, 0.4) is 0 Å². The minimum Gasteiger partial charge on any atom is -0.490 e. The van der Waals surface area contributed by atoms with E-state index in [1.165, 1.54) is 13.1 Å². The zero-order chi connectivity index (χ0) is 18.2. The molecule has 0 unspecified atom stereocenters. The number of hydrogen-bond donors (Lipinski definition) is 1. The quantitative estimate of drug-likeness (QED) is 0.523. The Morgan fingerprint density at radius 2 is 2.08 bits per heavy atom. The molecule has 0 spiro atoms. The Labute approximate surface area is 160 Å². The summed E-state index contributed by atoms with van der Waals surface area (Å²) in [6.45, 7) is 4.09. The van der Waals surface area contributed by atoms with Gasteiger partial charge in [0.25, 0.3) is 0 Å². The van der Waals surface area contributed by atoms with Gasteiger partial charge in [-0.05, 0) is 46.6 Å². The van der Waals surface area contributed by atoms with Crippen LogP contribution in [0.1, 0.15) is 25.0 Å². The van der Waals surface area contributed by atoms with Gasteiger partial charge < -0.3 is 9.47 Å². The lowest BCUT2D eigenvalue weighted by Gasteiger charge is -2.15.